The van der Waals surface area contributed by atoms with Gasteiger partial charge in [-0.05, 0) is 55.2 Å². The molecule has 3 heteroatoms. The van der Waals surface area contributed by atoms with Gasteiger partial charge in [-0.15, -0.1) is 0 Å². The van der Waals surface area contributed by atoms with Gasteiger partial charge in [0.2, 0.25) is 0 Å². The number of halogens is 1. The molecule has 0 aliphatic heterocycles. The van der Waals surface area contributed by atoms with Crippen LogP contribution in [0.1, 0.15) is 43.6 Å². The summed E-state index contributed by atoms with van der Waals surface area (Å²) < 4.78 is 0. The maximum Gasteiger partial charge on any atom is 0.303 e. The topological polar surface area (TPSA) is 37.3 Å². The van der Waals surface area contributed by atoms with Crippen molar-refractivity contribution in [3.8, 4) is 0 Å². The van der Waals surface area contributed by atoms with Crippen LogP contribution in [0, 0.1) is 5.92 Å². The molecule has 1 fully saturated rings. The summed E-state index contributed by atoms with van der Waals surface area (Å²) in [6.45, 7) is 0. The van der Waals surface area contributed by atoms with E-state index >= 15 is 0 Å². The van der Waals surface area contributed by atoms with E-state index in [1.54, 1.807) is 0 Å². The Kier molecular flexibility index (Phi) is 4.06. The van der Waals surface area contributed by atoms with Gasteiger partial charge in [-0.3, -0.25) is 4.79 Å². The van der Waals surface area contributed by atoms with Gasteiger partial charge in [0.05, 0.1) is 0 Å². The molecule has 17 heavy (non-hydrogen) atoms. The zero-order valence-corrected chi connectivity index (χ0v) is 10.5. The summed E-state index contributed by atoms with van der Waals surface area (Å²) in [5.41, 5.74) is 1.30. The van der Waals surface area contributed by atoms with E-state index in [1.165, 1.54) is 5.56 Å². The predicted molar refractivity (Wildman–Crippen MR) is 68.4 cm³/mol. The molecule has 0 amide bonds. The molecule has 0 aromatic heterocycles. The largest absolute Gasteiger partial charge is 0.481 e. The quantitative estimate of drug-likeness (QED) is 0.880. The van der Waals surface area contributed by atoms with Crippen LogP contribution in [-0.2, 0) is 4.79 Å². The lowest BCUT2D eigenvalue weighted by Crippen LogP contribution is -2.16. The van der Waals surface area contributed by atoms with E-state index in [0.717, 1.165) is 30.7 Å². The number of carboxylic acids is 1. The minimum Gasteiger partial charge on any atom is -0.481 e. The van der Waals surface area contributed by atoms with Crippen molar-refractivity contribution in [3.05, 3.63) is 34.9 Å². The number of aliphatic carboxylic acids is 1. The van der Waals surface area contributed by atoms with Gasteiger partial charge in [0, 0.05) is 11.4 Å². The van der Waals surface area contributed by atoms with Crippen LogP contribution in [0.4, 0.5) is 0 Å². The molecule has 1 saturated carbocycles. The lowest BCUT2D eigenvalue weighted by atomic mass is 9.77. The summed E-state index contributed by atoms with van der Waals surface area (Å²) in [5.74, 6) is 0.248. The Labute approximate surface area is 107 Å². The summed E-state index contributed by atoms with van der Waals surface area (Å²) in [6, 6.07) is 8.03. The Balaban J connectivity index is 1.93. The zero-order chi connectivity index (χ0) is 12.3. The SMILES string of the molecule is O=C(O)CC1CCC(c2cccc(Cl)c2)CC1. The van der Waals surface area contributed by atoms with E-state index < -0.39 is 5.97 Å². The van der Waals surface area contributed by atoms with Gasteiger partial charge in [-0.25, -0.2) is 0 Å². The first kappa shape index (κ1) is 12.4. The van der Waals surface area contributed by atoms with Crippen LogP contribution in [0.3, 0.4) is 0 Å². The summed E-state index contributed by atoms with van der Waals surface area (Å²) in [4.78, 5) is 10.6. The first-order chi connectivity index (χ1) is 8.15. The molecule has 1 aliphatic rings. The summed E-state index contributed by atoms with van der Waals surface area (Å²) in [7, 11) is 0. The second kappa shape index (κ2) is 5.54. The van der Waals surface area contributed by atoms with Gasteiger partial charge in [0.25, 0.3) is 0 Å². The van der Waals surface area contributed by atoms with Crippen molar-refractivity contribution in [1.29, 1.82) is 0 Å². The molecule has 0 radical (unpaired) electrons. The monoisotopic (exact) mass is 252 g/mol. The molecule has 1 aromatic rings. The molecule has 2 rings (SSSR count). The average Bonchev–Trinajstić information content (AvgIpc) is 2.29. The number of hydrogen-bond acceptors (Lipinski definition) is 1. The molecule has 0 saturated heterocycles. The Hall–Kier alpha value is -1.02. The highest BCUT2D eigenvalue weighted by molar-refractivity contribution is 6.30. The Morgan fingerprint density at radius 3 is 2.59 bits per heavy atom. The second-order valence-corrected chi connectivity index (χ2v) is 5.31. The van der Waals surface area contributed by atoms with Crippen LogP contribution in [0.5, 0.6) is 0 Å². The third-order valence-corrected chi connectivity index (χ3v) is 3.87. The predicted octanol–water partition coefficient (Wildman–Crippen LogP) is 4.09. The molecule has 0 heterocycles. The van der Waals surface area contributed by atoms with E-state index in [4.69, 9.17) is 16.7 Å². The van der Waals surface area contributed by atoms with E-state index in [2.05, 4.69) is 6.07 Å². The second-order valence-electron chi connectivity index (χ2n) is 4.87. The van der Waals surface area contributed by atoms with Gasteiger partial charge in [-0.1, -0.05) is 23.7 Å². The molecular formula is C14H17ClO2. The van der Waals surface area contributed by atoms with E-state index in [9.17, 15) is 4.79 Å². The van der Waals surface area contributed by atoms with Crippen LogP contribution in [0.2, 0.25) is 5.02 Å². The molecule has 2 nitrogen and oxygen atoms in total. The highest BCUT2D eigenvalue weighted by Gasteiger charge is 2.23. The number of carboxylic acid groups (broad SMARTS) is 1. The number of rotatable bonds is 3. The van der Waals surface area contributed by atoms with Crippen LogP contribution in [0.25, 0.3) is 0 Å². The molecule has 92 valence electrons. The Morgan fingerprint density at radius 1 is 1.29 bits per heavy atom. The third-order valence-electron chi connectivity index (χ3n) is 3.63. The van der Waals surface area contributed by atoms with E-state index in [0.29, 0.717) is 18.3 Å². The van der Waals surface area contributed by atoms with Crippen LogP contribution in [0.15, 0.2) is 24.3 Å². The molecular weight excluding hydrogens is 236 g/mol. The van der Waals surface area contributed by atoms with E-state index in [1.807, 2.05) is 18.2 Å². The maximum absolute atomic E-state index is 10.6. The average molecular weight is 253 g/mol. The van der Waals surface area contributed by atoms with Crippen molar-refractivity contribution >= 4 is 17.6 Å². The van der Waals surface area contributed by atoms with Gasteiger partial charge in [-0.2, -0.15) is 0 Å². The summed E-state index contributed by atoms with van der Waals surface area (Å²) >= 11 is 5.98. The Bertz CT molecular complexity index is 395. The zero-order valence-electron chi connectivity index (χ0n) is 9.73. The molecule has 1 aromatic carbocycles. The lowest BCUT2D eigenvalue weighted by molar-refractivity contribution is -0.138. The molecule has 1 N–H and O–H groups in total. The normalized spacial score (nSPS) is 24.5. The molecule has 0 spiro atoms. The van der Waals surface area contributed by atoms with Gasteiger partial charge >= 0.3 is 5.97 Å². The number of carbonyl (C=O) groups is 1. The van der Waals surface area contributed by atoms with E-state index in [-0.39, 0.29) is 0 Å². The smallest absolute Gasteiger partial charge is 0.303 e. The molecule has 0 bridgehead atoms. The van der Waals surface area contributed by atoms with Crippen molar-refractivity contribution < 1.29 is 9.90 Å². The van der Waals surface area contributed by atoms with Gasteiger partial charge < -0.3 is 5.11 Å². The first-order valence-corrected chi connectivity index (χ1v) is 6.50. The highest BCUT2D eigenvalue weighted by atomic mass is 35.5. The van der Waals surface area contributed by atoms with Crippen LogP contribution in [-0.4, -0.2) is 11.1 Å². The van der Waals surface area contributed by atoms with Gasteiger partial charge in [0.1, 0.15) is 0 Å². The minimum atomic E-state index is -0.670. The molecule has 0 atom stereocenters. The number of benzene rings is 1. The standard InChI is InChI=1S/C14H17ClO2/c15-13-3-1-2-12(9-13)11-6-4-10(5-7-11)8-14(16)17/h1-3,9-11H,4-8H2,(H,16,17). The van der Waals surface area contributed by atoms with Crippen LogP contribution < -0.4 is 0 Å². The highest BCUT2D eigenvalue weighted by Crippen LogP contribution is 2.37. The summed E-state index contributed by atoms with van der Waals surface area (Å²) in [6.07, 6.45) is 4.52. The van der Waals surface area contributed by atoms with Crippen molar-refractivity contribution in [1.82, 2.24) is 0 Å². The molecule has 1 aliphatic carbocycles. The van der Waals surface area contributed by atoms with Gasteiger partial charge in [0.15, 0.2) is 0 Å². The first-order valence-electron chi connectivity index (χ1n) is 6.12. The fraction of sp³-hybridized carbons (Fsp3) is 0.500. The fourth-order valence-corrected chi connectivity index (χ4v) is 2.91. The minimum absolute atomic E-state index is 0.322. The number of hydrogen-bond donors (Lipinski definition) is 1. The van der Waals surface area contributed by atoms with Crippen molar-refractivity contribution in [2.75, 3.05) is 0 Å². The molecule has 0 unspecified atom stereocenters. The van der Waals surface area contributed by atoms with Crippen molar-refractivity contribution in [2.24, 2.45) is 5.92 Å². The van der Waals surface area contributed by atoms with Crippen molar-refractivity contribution in [3.63, 3.8) is 0 Å². The third kappa shape index (κ3) is 3.47. The Morgan fingerprint density at radius 2 is 2.00 bits per heavy atom. The summed E-state index contributed by atoms with van der Waals surface area (Å²) in [5, 5.41) is 9.55. The fourth-order valence-electron chi connectivity index (χ4n) is 2.71. The maximum atomic E-state index is 10.6. The van der Waals surface area contributed by atoms with Crippen LogP contribution >= 0.6 is 11.6 Å². The van der Waals surface area contributed by atoms with Crippen molar-refractivity contribution in [2.45, 2.75) is 38.0 Å². The lowest BCUT2D eigenvalue weighted by Gasteiger charge is -2.28.